The van der Waals surface area contributed by atoms with Gasteiger partial charge in [0.05, 0.1) is 0 Å². The van der Waals surface area contributed by atoms with E-state index in [9.17, 15) is 13.2 Å². The van der Waals surface area contributed by atoms with E-state index in [0.29, 0.717) is 40.6 Å². The number of nitrogens with two attached hydrogens (primary N) is 1. The third-order valence-corrected chi connectivity index (χ3v) is 6.55. The second-order valence-corrected chi connectivity index (χ2v) is 8.70. The molecule has 0 saturated carbocycles. The van der Waals surface area contributed by atoms with Crippen LogP contribution in [0.5, 0.6) is 5.75 Å². The van der Waals surface area contributed by atoms with Gasteiger partial charge in [-0.15, -0.1) is 0 Å². The molecule has 0 aliphatic carbocycles. The molecule has 4 aromatic rings. The van der Waals surface area contributed by atoms with Gasteiger partial charge in [-0.1, -0.05) is 30.3 Å². The number of nitrogens with one attached hydrogen (secondary N) is 1. The van der Waals surface area contributed by atoms with E-state index >= 15 is 0 Å². The molecule has 1 aromatic heterocycles. The average Bonchev–Trinajstić information content (AvgIpc) is 3.11. The highest BCUT2D eigenvalue weighted by Gasteiger charge is 2.28. The van der Waals surface area contributed by atoms with E-state index in [1.54, 1.807) is 30.3 Å². The smallest absolute Gasteiger partial charge is 0.339 e. The molecule has 0 radical (unpaired) electrons. The summed E-state index contributed by atoms with van der Waals surface area (Å²) in [5.74, 6) is -0.314. The van der Waals surface area contributed by atoms with Gasteiger partial charge in [0.15, 0.2) is 0 Å². The Bertz CT molecular complexity index is 1410. The van der Waals surface area contributed by atoms with Gasteiger partial charge in [0.1, 0.15) is 27.9 Å². The van der Waals surface area contributed by atoms with Crippen LogP contribution >= 0.6 is 0 Å². The number of benzene rings is 3. The molecular formula is C22H18N2O5S. The van der Waals surface area contributed by atoms with Crippen LogP contribution in [0.25, 0.3) is 21.9 Å². The zero-order chi connectivity index (χ0) is 20.9. The molecule has 1 unspecified atom stereocenters. The molecule has 3 aromatic carbocycles. The van der Waals surface area contributed by atoms with Crippen LogP contribution < -0.4 is 15.2 Å². The monoisotopic (exact) mass is 422 g/mol. The highest BCUT2D eigenvalue weighted by Crippen LogP contribution is 2.34. The minimum absolute atomic E-state index is 0.0274. The lowest BCUT2D eigenvalue weighted by Crippen LogP contribution is -2.38. The van der Waals surface area contributed by atoms with Crippen molar-refractivity contribution in [2.45, 2.75) is 17.4 Å². The van der Waals surface area contributed by atoms with Crippen LogP contribution in [0.1, 0.15) is 17.2 Å². The molecule has 8 heteroatoms. The van der Waals surface area contributed by atoms with E-state index < -0.39 is 22.1 Å². The second-order valence-electron chi connectivity index (χ2n) is 7.16. The summed E-state index contributed by atoms with van der Waals surface area (Å²) >= 11 is 0. The van der Waals surface area contributed by atoms with E-state index in [1.165, 1.54) is 6.07 Å². The standard InChI is InChI=1S/C22H18N2O5S/c23-22(25)21-16-5-3-7-20(15(16)10-11-24-21)29-30(26,27)13-8-9-19-17(12-13)14-4-1-2-6-18(14)28-19/h1-9,12,21,24H,10-11H2,(H2,23,25). The maximum absolute atomic E-state index is 13.0. The van der Waals surface area contributed by atoms with Gasteiger partial charge in [0.2, 0.25) is 5.91 Å². The van der Waals surface area contributed by atoms with Crippen molar-refractivity contribution < 1.29 is 21.8 Å². The molecule has 1 amide bonds. The largest absolute Gasteiger partial charge is 0.456 e. The van der Waals surface area contributed by atoms with E-state index in [4.69, 9.17) is 14.3 Å². The van der Waals surface area contributed by atoms with Crippen LogP contribution in [0.4, 0.5) is 0 Å². The van der Waals surface area contributed by atoms with Gasteiger partial charge in [-0.05, 0) is 42.3 Å². The molecule has 0 fully saturated rings. The SMILES string of the molecule is NC(=O)C1NCCc2c(OS(=O)(=O)c3ccc4oc5ccccc5c4c3)cccc21. The minimum Gasteiger partial charge on any atom is -0.456 e. The third-order valence-electron chi connectivity index (χ3n) is 5.32. The Kier molecular flexibility index (Phi) is 4.27. The molecule has 1 atom stereocenters. The summed E-state index contributed by atoms with van der Waals surface area (Å²) in [5, 5.41) is 4.57. The van der Waals surface area contributed by atoms with Gasteiger partial charge < -0.3 is 19.7 Å². The van der Waals surface area contributed by atoms with Gasteiger partial charge >= 0.3 is 10.1 Å². The fourth-order valence-electron chi connectivity index (χ4n) is 3.93. The lowest BCUT2D eigenvalue weighted by molar-refractivity contribution is -0.120. The molecule has 3 N–H and O–H groups in total. The Morgan fingerprint density at radius 1 is 1.03 bits per heavy atom. The number of carbonyl (C=O) groups is 1. The normalized spacial score (nSPS) is 16.5. The predicted molar refractivity (Wildman–Crippen MR) is 112 cm³/mol. The molecule has 1 aliphatic heterocycles. The van der Waals surface area contributed by atoms with Crippen LogP contribution in [0, 0.1) is 0 Å². The first-order valence-corrected chi connectivity index (χ1v) is 10.9. The van der Waals surface area contributed by atoms with Gasteiger partial charge in [0, 0.05) is 22.9 Å². The van der Waals surface area contributed by atoms with Crippen molar-refractivity contribution in [1.29, 1.82) is 0 Å². The Hall–Kier alpha value is -3.36. The number of carbonyl (C=O) groups excluding carboxylic acids is 1. The number of rotatable bonds is 4. The lowest BCUT2D eigenvalue weighted by atomic mass is 9.93. The predicted octanol–water partition coefficient (Wildman–Crippen LogP) is 3.03. The van der Waals surface area contributed by atoms with Crippen LogP contribution in [0.3, 0.4) is 0 Å². The Morgan fingerprint density at radius 2 is 1.83 bits per heavy atom. The summed E-state index contributed by atoms with van der Waals surface area (Å²) in [6, 6.07) is 16.4. The molecule has 2 heterocycles. The molecule has 152 valence electrons. The topological polar surface area (TPSA) is 112 Å². The van der Waals surface area contributed by atoms with Crippen LogP contribution in [-0.2, 0) is 21.3 Å². The number of amides is 1. The quantitative estimate of drug-likeness (QED) is 0.489. The molecule has 1 aliphatic rings. The molecule has 0 saturated heterocycles. The molecule has 0 bridgehead atoms. The average molecular weight is 422 g/mol. The van der Waals surface area contributed by atoms with Crippen molar-refractivity contribution in [3.05, 3.63) is 71.8 Å². The van der Waals surface area contributed by atoms with E-state index in [-0.39, 0.29) is 10.6 Å². The fraction of sp³-hybridized carbons (Fsp3) is 0.136. The minimum atomic E-state index is -4.10. The molecule has 5 rings (SSSR count). The van der Waals surface area contributed by atoms with E-state index in [1.807, 2.05) is 24.3 Å². The highest BCUT2D eigenvalue weighted by atomic mass is 32.2. The Labute approximate surface area is 172 Å². The van der Waals surface area contributed by atoms with Crippen molar-refractivity contribution >= 4 is 38.0 Å². The van der Waals surface area contributed by atoms with E-state index in [0.717, 1.165) is 5.39 Å². The second kappa shape index (κ2) is 6.86. The number of hydrogen-bond acceptors (Lipinski definition) is 6. The summed E-state index contributed by atoms with van der Waals surface area (Å²) < 4.78 is 37.4. The number of primary amides is 1. The van der Waals surface area contributed by atoms with Gasteiger partial charge in [-0.25, -0.2) is 0 Å². The van der Waals surface area contributed by atoms with Crippen molar-refractivity contribution in [2.75, 3.05) is 6.54 Å². The van der Waals surface area contributed by atoms with Crippen LogP contribution in [0.2, 0.25) is 0 Å². The lowest BCUT2D eigenvalue weighted by Gasteiger charge is -2.26. The number of para-hydroxylation sites is 1. The van der Waals surface area contributed by atoms with Crippen LogP contribution in [-0.4, -0.2) is 20.9 Å². The van der Waals surface area contributed by atoms with Crippen molar-refractivity contribution in [3.8, 4) is 5.75 Å². The van der Waals surface area contributed by atoms with Crippen molar-refractivity contribution in [3.63, 3.8) is 0 Å². The number of furan rings is 1. The fourth-order valence-corrected chi connectivity index (χ4v) is 4.92. The maximum atomic E-state index is 13.0. The number of fused-ring (bicyclic) bond motifs is 4. The molecule has 7 nitrogen and oxygen atoms in total. The van der Waals surface area contributed by atoms with Crippen molar-refractivity contribution in [2.24, 2.45) is 5.73 Å². The molecule has 0 spiro atoms. The van der Waals surface area contributed by atoms with Gasteiger partial charge in [-0.2, -0.15) is 8.42 Å². The maximum Gasteiger partial charge on any atom is 0.339 e. The highest BCUT2D eigenvalue weighted by molar-refractivity contribution is 7.87. The summed E-state index contributed by atoms with van der Waals surface area (Å²) in [5.41, 5.74) is 8.06. The summed E-state index contributed by atoms with van der Waals surface area (Å²) in [6.45, 7) is 0.494. The van der Waals surface area contributed by atoms with Crippen molar-refractivity contribution in [1.82, 2.24) is 5.32 Å². The number of hydrogen-bond donors (Lipinski definition) is 2. The molecule has 30 heavy (non-hydrogen) atoms. The van der Waals surface area contributed by atoms with Gasteiger partial charge in [0.25, 0.3) is 0 Å². The zero-order valence-corrected chi connectivity index (χ0v) is 16.6. The van der Waals surface area contributed by atoms with Gasteiger partial charge in [-0.3, -0.25) is 4.79 Å². The third kappa shape index (κ3) is 3.01. The first-order valence-electron chi connectivity index (χ1n) is 9.44. The first kappa shape index (κ1) is 18.7. The Morgan fingerprint density at radius 3 is 2.67 bits per heavy atom. The summed E-state index contributed by atoms with van der Waals surface area (Å²) in [4.78, 5) is 11.8. The summed E-state index contributed by atoms with van der Waals surface area (Å²) in [7, 11) is -4.10. The van der Waals surface area contributed by atoms with E-state index in [2.05, 4.69) is 5.32 Å². The Balaban J connectivity index is 1.56. The van der Waals surface area contributed by atoms with Crippen LogP contribution in [0.15, 0.2) is 70.0 Å². The molecular weight excluding hydrogens is 404 g/mol. The zero-order valence-electron chi connectivity index (χ0n) is 15.8. The first-order chi connectivity index (χ1) is 14.4. The summed E-state index contributed by atoms with van der Waals surface area (Å²) in [6.07, 6.45) is 0.524.